The van der Waals surface area contributed by atoms with Gasteiger partial charge in [-0.3, -0.25) is 9.59 Å². The number of hydrogen-bond acceptors (Lipinski definition) is 4. The van der Waals surface area contributed by atoms with Crippen LogP contribution in [-0.2, 0) is 4.79 Å². The van der Waals surface area contributed by atoms with Crippen molar-refractivity contribution in [2.24, 2.45) is 0 Å². The molecule has 0 aliphatic heterocycles. The van der Waals surface area contributed by atoms with Gasteiger partial charge in [-0.05, 0) is 19.1 Å². The van der Waals surface area contributed by atoms with Crippen LogP contribution < -0.4 is 11.1 Å². The topological polar surface area (TPSA) is 95.7 Å². The maximum atomic E-state index is 11.9. The van der Waals surface area contributed by atoms with Crippen molar-refractivity contribution in [3.8, 4) is 5.75 Å². The first-order valence-electron chi connectivity index (χ1n) is 5.44. The largest absolute Gasteiger partial charge is 0.505 e. The van der Waals surface area contributed by atoms with E-state index in [2.05, 4.69) is 5.32 Å². The number of nitrogens with two attached hydrogens (primary N) is 1. The van der Waals surface area contributed by atoms with Crippen LogP contribution in [0.1, 0.15) is 17.3 Å². The summed E-state index contributed by atoms with van der Waals surface area (Å²) in [5.41, 5.74) is 5.66. The first-order chi connectivity index (χ1) is 8.34. The number of nitrogens with zero attached hydrogens (tertiary/aromatic N) is 1. The van der Waals surface area contributed by atoms with E-state index in [1.54, 1.807) is 27.1 Å². The molecule has 0 aliphatic rings. The Balaban J connectivity index is 2.83. The number of carbonyl (C=O) groups is 2. The van der Waals surface area contributed by atoms with E-state index in [9.17, 15) is 14.7 Å². The summed E-state index contributed by atoms with van der Waals surface area (Å²) in [7, 11) is 3.20. The molecule has 0 bridgehead atoms. The number of likely N-dealkylation sites (N-methyl/N-ethyl adjacent to an activating group) is 1. The van der Waals surface area contributed by atoms with Crippen LogP contribution in [0, 0.1) is 0 Å². The van der Waals surface area contributed by atoms with Gasteiger partial charge in [-0.2, -0.15) is 0 Å². The number of anilines is 1. The lowest BCUT2D eigenvalue weighted by Crippen LogP contribution is -2.44. The minimum atomic E-state index is -0.673. The fourth-order valence-electron chi connectivity index (χ4n) is 1.47. The smallest absolute Gasteiger partial charge is 0.255 e. The Morgan fingerprint density at radius 1 is 1.39 bits per heavy atom. The van der Waals surface area contributed by atoms with Crippen LogP contribution in [0.2, 0.25) is 0 Å². The Hall–Kier alpha value is -2.24. The Morgan fingerprint density at radius 2 is 2.00 bits per heavy atom. The fourth-order valence-corrected chi connectivity index (χ4v) is 1.47. The number of carbonyl (C=O) groups excluding carboxylic acids is 2. The van der Waals surface area contributed by atoms with Gasteiger partial charge in [0, 0.05) is 14.1 Å². The van der Waals surface area contributed by atoms with Crippen LogP contribution in [0.3, 0.4) is 0 Å². The van der Waals surface area contributed by atoms with Crippen LogP contribution >= 0.6 is 0 Å². The average Bonchev–Trinajstić information content (AvgIpc) is 2.31. The highest BCUT2D eigenvalue weighted by molar-refractivity contribution is 6.00. The molecule has 6 nitrogen and oxygen atoms in total. The number of aromatic hydroxyl groups is 1. The molecule has 0 radical (unpaired) electrons. The zero-order valence-corrected chi connectivity index (χ0v) is 10.6. The van der Waals surface area contributed by atoms with Crippen molar-refractivity contribution in [2.45, 2.75) is 13.0 Å². The minimum Gasteiger partial charge on any atom is -0.505 e. The molecular weight excluding hydrogens is 234 g/mol. The number of rotatable bonds is 3. The van der Waals surface area contributed by atoms with E-state index < -0.39 is 11.9 Å². The molecule has 98 valence electrons. The highest BCUT2D eigenvalue weighted by Gasteiger charge is 2.20. The molecule has 1 aromatic carbocycles. The van der Waals surface area contributed by atoms with Gasteiger partial charge in [0.1, 0.15) is 6.04 Å². The monoisotopic (exact) mass is 251 g/mol. The van der Waals surface area contributed by atoms with E-state index in [0.29, 0.717) is 0 Å². The van der Waals surface area contributed by atoms with E-state index in [1.807, 2.05) is 0 Å². The van der Waals surface area contributed by atoms with Gasteiger partial charge >= 0.3 is 0 Å². The number of nitrogens with one attached hydrogen (secondary N) is 1. The van der Waals surface area contributed by atoms with Crippen LogP contribution in [-0.4, -0.2) is 42.0 Å². The lowest BCUT2D eigenvalue weighted by molar-refractivity contribution is -0.130. The molecule has 1 unspecified atom stereocenters. The van der Waals surface area contributed by atoms with Crippen LogP contribution in [0.25, 0.3) is 0 Å². The number of phenols is 1. The second kappa shape index (κ2) is 5.39. The zero-order valence-electron chi connectivity index (χ0n) is 10.6. The second-order valence-corrected chi connectivity index (χ2v) is 4.17. The molecule has 6 heteroatoms. The predicted octanol–water partition coefficient (Wildman–Crippen LogP) is 0.181. The Labute approximate surface area is 105 Å². The molecule has 0 spiro atoms. The highest BCUT2D eigenvalue weighted by Crippen LogP contribution is 2.24. The summed E-state index contributed by atoms with van der Waals surface area (Å²) in [6.07, 6.45) is 0. The molecule has 18 heavy (non-hydrogen) atoms. The molecule has 4 N–H and O–H groups in total. The van der Waals surface area contributed by atoms with Crippen molar-refractivity contribution in [3.63, 3.8) is 0 Å². The molecule has 1 aromatic rings. The van der Waals surface area contributed by atoms with Crippen molar-refractivity contribution in [1.82, 2.24) is 10.2 Å². The van der Waals surface area contributed by atoms with Gasteiger partial charge in [-0.15, -0.1) is 0 Å². The standard InChI is InChI=1S/C12H17N3O3/c1-7(12(18)15(2)3)14-11(17)8-5-4-6-9(13)10(8)16/h4-7,16H,13H2,1-3H3,(H,14,17). The molecule has 0 aliphatic carbocycles. The summed E-state index contributed by atoms with van der Waals surface area (Å²) in [6, 6.07) is 3.81. The van der Waals surface area contributed by atoms with Gasteiger partial charge in [0.25, 0.3) is 5.91 Å². The summed E-state index contributed by atoms with van der Waals surface area (Å²) in [4.78, 5) is 24.8. The SMILES string of the molecule is CC(NC(=O)c1cccc(N)c1O)C(=O)N(C)C. The zero-order chi connectivity index (χ0) is 13.9. The van der Waals surface area contributed by atoms with E-state index in [0.717, 1.165) is 0 Å². The number of amides is 2. The van der Waals surface area contributed by atoms with Gasteiger partial charge in [0.05, 0.1) is 11.3 Å². The first-order valence-corrected chi connectivity index (χ1v) is 5.44. The third-order valence-electron chi connectivity index (χ3n) is 2.47. The predicted molar refractivity (Wildman–Crippen MR) is 68.1 cm³/mol. The highest BCUT2D eigenvalue weighted by atomic mass is 16.3. The molecule has 0 aromatic heterocycles. The molecule has 0 saturated carbocycles. The Bertz CT molecular complexity index is 472. The lowest BCUT2D eigenvalue weighted by Gasteiger charge is -2.18. The maximum absolute atomic E-state index is 11.9. The van der Waals surface area contributed by atoms with Crippen LogP contribution in [0.15, 0.2) is 18.2 Å². The summed E-state index contributed by atoms with van der Waals surface area (Å²) in [5.74, 6) is -1.05. The summed E-state index contributed by atoms with van der Waals surface area (Å²) in [5, 5.41) is 12.1. The number of nitrogen functional groups attached to an aromatic ring is 1. The fraction of sp³-hybridized carbons (Fsp3) is 0.333. The van der Waals surface area contributed by atoms with Crippen molar-refractivity contribution in [1.29, 1.82) is 0 Å². The molecule has 0 heterocycles. The summed E-state index contributed by atoms with van der Waals surface area (Å²) >= 11 is 0. The molecule has 1 rings (SSSR count). The average molecular weight is 251 g/mol. The molecular formula is C12H17N3O3. The number of benzene rings is 1. The third kappa shape index (κ3) is 2.91. The number of phenolic OH excluding ortho intramolecular Hbond substituents is 1. The van der Waals surface area contributed by atoms with Gasteiger partial charge < -0.3 is 21.1 Å². The summed E-state index contributed by atoms with van der Waals surface area (Å²) < 4.78 is 0. The van der Waals surface area contributed by atoms with E-state index in [4.69, 9.17) is 5.73 Å². The van der Waals surface area contributed by atoms with Gasteiger partial charge in [0.2, 0.25) is 5.91 Å². The van der Waals surface area contributed by atoms with Crippen molar-refractivity contribution in [2.75, 3.05) is 19.8 Å². The van der Waals surface area contributed by atoms with E-state index in [1.165, 1.54) is 17.0 Å². The Morgan fingerprint density at radius 3 is 2.56 bits per heavy atom. The van der Waals surface area contributed by atoms with Crippen molar-refractivity contribution < 1.29 is 14.7 Å². The van der Waals surface area contributed by atoms with Gasteiger partial charge in [0.15, 0.2) is 5.75 Å². The summed E-state index contributed by atoms with van der Waals surface area (Å²) in [6.45, 7) is 1.57. The number of para-hydroxylation sites is 1. The quantitative estimate of drug-likeness (QED) is 0.527. The maximum Gasteiger partial charge on any atom is 0.255 e. The van der Waals surface area contributed by atoms with E-state index >= 15 is 0 Å². The van der Waals surface area contributed by atoms with Gasteiger partial charge in [-0.25, -0.2) is 0 Å². The Kier molecular flexibility index (Phi) is 4.14. The van der Waals surface area contributed by atoms with Crippen LogP contribution in [0.5, 0.6) is 5.75 Å². The second-order valence-electron chi connectivity index (χ2n) is 4.17. The number of hydrogen-bond donors (Lipinski definition) is 3. The van der Waals surface area contributed by atoms with Crippen LogP contribution in [0.4, 0.5) is 5.69 Å². The third-order valence-corrected chi connectivity index (χ3v) is 2.47. The molecule has 1 atom stereocenters. The minimum absolute atomic E-state index is 0.0495. The van der Waals surface area contributed by atoms with E-state index in [-0.39, 0.29) is 22.9 Å². The van der Waals surface area contributed by atoms with Gasteiger partial charge in [-0.1, -0.05) is 6.07 Å². The first kappa shape index (κ1) is 13.8. The molecule has 0 fully saturated rings. The van der Waals surface area contributed by atoms with Crippen molar-refractivity contribution >= 4 is 17.5 Å². The molecule has 0 saturated heterocycles. The normalized spacial score (nSPS) is 11.7. The molecule has 2 amide bonds. The van der Waals surface area contributed by atoms with Crippen molar-refractivity contribution in [3.05, 3.63) is 23.8 Å². The lowest BCUT2D eigenvalue weighted by atomic mass is 10.1.